The summed E-state index contributed by atoms with van der Waals surface area (Å²) in [4.78, 5) is 38.4. The third-order valence-electron chi connectivity index (χ3n) is 4.88. The number of carbonyl (C=O) groups excluding carboxylic acids is 3. The van der Waals surface area contributed by atoms with Crippen molar-refractivity contribution in [2.45, 2.75) is 25.6 Å². The molecule has 164 valence electrons. The Hall–Kier alpha value is -3.69. The molecule has 0 radical (unpaired) electrons. The number of rotatable bonds is 8. The predicted molar refractivity (Wildman–Crippen MR) is 106 cm³/mol. The number of urea groups is 1. The molecule has 10 heteroatoms. The van der Waals surface area contributed by atoms with E-state index in [1.165, 1.54) is 31.4 Å². The fourth-order valence-corrected chi connectivity index (χ4v) is 3.15. The van der Waals surface area contributed by atoms with Crippen LogP contribution >= 0.6 is 0 Å². The van der Waals surface area contributed by atoms with Crippen LogP contribution in [0.15, 0.2) is 48.5 Å². The summed E-state index contributed by atoms with van der Waals surface area (Å²) in [5, 5.41) is 5.22. The zero-order chi connectivity index (χ0) is 22.6. The molecular weight excluding hydrogens is 412 g/mol. The zero-order valence-corrected chi connectivity index (χ0v) is 16.9. The monoisotopic (exact) mass is 433 g/mol. The second kappa shape index (κ2) is 8.99. The summed E-state index contributed by atoms with van der Waals surface area (Å²) >= 11 is 0. The van der Waals surface area contributed by atoms with Crippen molar-refractivity contribution in [2.24, 2.45) is 0 Å². The molecule has 8 nitrogen and oxygen atoms in total. The Balaban J connectivity index is 1.59. The molecule has 2 aromatic carbocycles. The largest absolute Gasteiger partial charge is 0.497 e. The molecule has 1 atom stereocenters. The Morgan fingerprint density at radius 2 is 1.71 bits per heavy atom. The lowest BCUT2D eigenvalue weighted by molar-refractivity contribution is -0.134. The van der Waals surface area contributed by atoms with Crippen LogP contribution in [0.5, 0.6) is 11.5 Å². The number of imide groups is 1. The lowest BCUT2D eigenvalue weighted by atomic mass is 9.92. The van der Waals surface area contributed by atoms with E-state index >= 15 is 0 Å². The highest BCUT2D eigenvalue weighted by molar-refractivity contribution is 6.09. The second-order valence-electron chi connectivity index (χ2n) is 6.97. The minimum absolute atomic E-state index is 0.00206. The standard InChI is InChI=1S/C21H21F2N3O5/c1-21(14-5-9-15(30-2)10-6-14)18(28)26(20(29)25-21)12-17(27)24-11-13-3-7-16(8-4-13)31-19(22)23/h3-10,19H,11-12H2,1-2H3,(H,24,27)(H,25,29). The van der Waals surface area contributed by atoms with Gasteiger partial charge in [-0.3, -0.25) is 14.5 Å². The smallest absolute Gasteiger partial charge is 0.387 e. The molecule has 2 N–H and O–H groups in total. The summed E-state index contributed by atoms with van der Waals surface area (Å²) in [7, 11) is 1.52. The first-order valence-corrected chi connectivity index (χ1v) is 9.32. The van der Waals surface area contributed by atoms with Crippen molar-refractivity contribution >= 4 is 17.8 Å². The number of benzene rings is 2. The van der Waals surface area contributed by atoms with Crippen molar-refractivity contribution in [2.75, 3.05) is 13.7 Å². The van der Waals surface area contributed by atoms with E-state index in [1.807, 2.05) is 0 Å². The van der Waals surface area contributed by atoms with Gasteiger partial charge in [0.2, 0.25) is 5.91 Å². The first-order chi connectivity index (χ1) is 14.7. The van der Waals surface area contributed by atoms with Crippen molar-refractivity contribution in [3.63, 3.8) is 0 Å². The normalized spacial score (nSPS) is 18.2. The van der Waals surface area contributed by atoms with E-state index in [9.17, 15) is 23.2 Å². The predicted octanol–water partition coefficient (Wildman–Crippen LogP) is 2.38. The van der Waals surface area contributed by atoms with Gasteiger partial charge in [-0.25, -0.2) is 4.79 Å². The van der Waals surface area contributed by atoms with Gasteiger partial charge in [-0.05, 0) is 42.3 Å². The molecule has 1 heterocycles. The first kappa shape index (κ1) is 22.0. The van der Waals surface area contributed by atoms with Crippen LogP contribution in [0.3, 0.4) is 0 Å². The maximum Gasteiger partial charge on any atom is 0.387 e. The molecule has 0 aliphatic carbocycles. The van der Waals surface area contributed by atoms with Gasteiger partial charge in [0, 0.05) is 6.54 Å². The number of alkyl halides is 2. The Kier molecular flexibility index (Phi) is 6.38. The van der Waals surface area contributed by atoms with Crippen LogP contribution in [0.1, 0.15) is 18.1 Å². The minimum atomic E-state index is -2.92. The van der Waals surface area contributed by atoms with Gasteiger partial charge in [-0.2, -0.15) is 8.78 Å². The Bertz CT molecular complexity index is 966. The number of ether oxygens (including phenoxy) is 2. The molecule has 0 aromatic heterocycles. The summed E-state index contributed by atoms with van der Waals surface area (Å²) in [6.45, 7) is -1.72. The van der Waals surface area contributed by atoms with E-state index in [0.29, 0.717) is 16.9 Å². The molecule has 0 bridgehead atoms. The number of halogens is 2. The molecule has 1 fully saturated rings. The first-order valence-electron chi connectivity index (χ1n) is 9.32. The van der Waals surface area contributed by atoms with Gasteiger partial charge in [0.25, 0.3) is 5.91 Å². The van der Waals surface area contributed by atoms with E-state index in [2.05, 4.69) is 15.4 Å². The average molecular weight is 433 g/mol. The van der Waals surface area contributed by atoms with Gasteiger partial charge in [-0.15, -0.1) is 0 Å². The van der Waals surface area contributed by atoms with Gasteiger partial charge in [0.15, 0.2) is 0 Å². The number of methoxy groups -OCH3 is 1. The lowest BCUT2D eigenvalue weighted by Gasteiger charge is -2.22. The quantitative estimate of drug-likeness (QED) is 0.623. The maximum atomic E-state index is 12.9. The Morgan fingerprint density at radius 3 is 2.29 bits per heavy atom. The molecule has 31 heavy (non-hydrogen) atoms. The topological polar surface area (TPSA) is 97.0 Å². The second-order valence-corrected chi connectivity index (χ2v) is 6.97. The van der Waals surface area contributed by atoms with Gasteiger partial charge in [0.1, 0.15) is 23.6 Å². The molecule has 3 rings (SSSR count). The minimum Gasteiger partial charge on any atom is -0.497 e. The van der Waals surface area contributed by atoms with Crippen molar-refractivity contribution in [3.05, 3.63) is 59.7 Å². The van der Waals surface area contributed by atoms with Crippen molar-refractivity contribution in [3.8, 4) is 11.5 Å². The average Bonchev–Trinajstić information content (AvgIpc) is 2.97. The molecule has 0 spiro atoms. The van der Waals surface area contributed by atoms with Crippen molar-refractivity contribution in [1.82, 2.24) is 15.5 Å². The van der Waals surface area contributed by atoms with E-state index < -0.39 is 36.5 Å². The molecule has 1 aliphatic rings. The number of hydrogen-bond donors (Lipinski definition) is 2. The van der Waals surface area contributed by atoms with Gasteiger partial charge in [-0.1, -0.05) is 24.3 Å². The maximum absolute atomic E-state index is 12.9. The van der Waals surface area contributed by atoms with E-state index in [4.69, 9.17) is 4.74 Å². The summed E-state index contributed by atoms with van der Waals surface area (Å²) in [6.07, 6.45) is 0. The zero-order valence-electron chi connectivity index (χ0n) is 16.9. The lowest BCUT2D eigenvalue weighted by Crippen LogP contribution is -2.43. The molecule has 4 amide bonds. The van der Waals surface area contributed by atoms with E-state index in [1.54, 1.807) is 31.2 Å². The van der Waals surface area contributed by atoms with E-state index in [-0.39, 0.29) is 12.3 Å². The highest BCUT2D eigenvalue weighted by Gasteiger charge is 2.49. The van der Waals surface area contributed by atoms with Crippen LogP contribution in [0.25, 0.3) is 0 Å². The van der Waals surface area contributed by atoms with Crippen LogP contribution in [0.2, 0.25) is 0 Å². The highest BCUT2D eigenvalue weighted by atomic mass is 19.3. The number of hydrogen-bond acceptors (Lipinski definition) is 5. The number of nitrogens with one attached hydrogen (secondary N) is 2. The summed E-state index contributed by atoms with van der Waals surface area (Å²) in [5.74, 6) is -0.488. The third-order valence-corrected chi connectivity index (χ3v) is 4.88. The van der Waals surface area contributed by atoms with Crippen molar-refractivity contribution < 1.29 is 32.6 Å². The van der Waals surface area contributed by atoms with Crippen LogP contribution in [0, 0.1) is 0 Å². The Morgan fingerprint density at radius 1 is 1.10 bits per heavy atom. The number of nitrogens with zero attached hydrogens (tertiary/aromatic N) is 1. The van der Waals surface area contributed by atoms with Gasteiger partial charge >= 0.3 is 12.6 Å². The molecular formula is C21H21F2N3O5. The molecule has 2 aromatic rings. The van der Waals surface area contributed by atoms with Crippen LogP contribution in [-0.4, -0.2) is 43.0 Å². The van der Waals surface area contributed by atoms with Crippen LogP contribution < -0.4 is 20.1 Å². The highest BCUT2D eigenvalue weighted by Crippen LogP contribution is 2.29. The van der Waals surface area contributed by atoms with Gasteiger partial charge in [0.05, 0.1) is 7.11 Å². The van der Waals surface area contributed by atoms with Crippen LogP contribution in [-0.2, 0) is 21.7 Å². The molecule has 1 aliphatic heterocycles. The fraction of sp³-hybridized carbons (Fsp3) is 0.286. The summed E-state index contributed by atoms with van der Waals surface area (Å²) in [6, 6.07) is 11.8. The molecule has 0 saturated carbocycles. The molecule has 1 saturated heterocycles. The summed E-state index contributed by atoms with van der Waals surface area (Å²) in [5.41, 5.74) is -0.111. The van der Waals surface area contributed by atoms with Crippen molar-refractivity contribution in [1.29, 1.82) is 0 Å². The number of amides is 4. The number of carbonyl (C=O) groups is 3. The van der Waals surface area contributed by atoms with E-state index in [0.717, 1.165) is 4.90 Å². The summed E-state index contributed by atoms with van der Waals surface area (Å²) < 4.78 is 33.7. The molecule has 1 unspecified atom stereocenters. The SMILES string of the molecule is COc1ccc(C2(C)NC(=O)N(CC(=O)NCc3ccc(OC(F)F)cc3)C2=O)cc1. The fourth-order valence-electron chi connectivity index (χ4n) is 3.15. The Labute approximate surface area is 177 Å². The third kappa shape index (κ3) is 4.90. The van der Waals surface area contributed by atoms with Gasteiger partial charge < -0.3 is 20.1 Å². The van der Waals surface area contributed by atoms with Crippen LogP contribution in [0.4, 0.5) is 13.6 Å².